The molecule has 2 aromatic rings. The maximum atomic E-state index is 12.4. The van der Waals surface area contributed by atoms with Gasteiger partial charge in [0.1, 0.15) is 0 Å². The molecular weight excluding hydrogens is 240 g/mol. The first kappa shape index (κ1) is 13.5. The number of aryl methyl sites for hydroxylation is 1. The number of aromatic nitrogens is 4. The smallest absolute Gasteiger partial charge is 0.244 e. The average molecular weight is 260 g/mol. The number of rotatable bonds is 3. The van der Waals surface area contributed by atoms with E-state index >= 15 is 0 Å². The molecule has 102 valence electrons. The molecule has 0 fully saturated rings. The summed E-state index contributed by atoms with van der Waals surface area (Å²) in [7, 11) is 0. The summed E-state index contributed by atoms with van der Waals surface area (Å²) < 4.78 is 2.82. The van der Waals surface area contributed by atoms with E-state index < -0.39 is 0 Å². The molecule has 0 spiro atoms. The summed E-state index contributed by atoms with van der Waals surface area (Å²) in [4.78, 5) is 12.4. The zero-order chi connectivity index (χ0) is 14.0. The van der Waals surface area contributed by atoms with Crippen molar-refractivity contribution in [3.05, 3.63) is 35.4 Å². The minimum Gasteiger partial charge on any atom is -0.244 e. The Balaban J connectivity index is 2.55. The molecule has 0 N–H and O–H groups in total. The fraction of sp³-hybridized carbons (Fsp3) is 0.500. The fourth-order valence-corrected chi connectivity index (χ4v) is 2.42. The van der Waals surface area contributed by atoms with E-state index in [4.69, 9.17) is 0 Å². The molecular formula is C14H20N4O. The van der Waals surface area contributed by atoms with Crippen LogP contribution in [0.15, 0.2) is 18.5 Å². The zero-order valence-electron chi connectivity index (χ0n) is 11.9. The van der Waals surface area contributed by atoms with Gasteiger partial charge in [-0.2, -0.15) is 19.6 Å². The first-order chi connectivity index (χ1) is 9.10. The molecule has 0 aliphatic heterocycles. The average Bonchev–Trinajstić information content (AvgIpc) is 3.04. The molecule has 0 unspecified atom stereocenters. The minimum atomic E-state index is -0.219. The topological polar surface area (TPSA) is 52.7 Å². The SMILES string of the molecule is CCc1nn(C(=O)n2cccn2)c(CC)c1C(C)C. The van der Waals surface area contributed by atoms with Crippen molar-refractivity contribution in [3.8, 4) is 0 Å². The van der Waals surface area contributed by atoms with E-state index in [-0.39, 0.29) is 6.03 Å². The number of hydrogen-bond acceptors (Lipinski definition) is 3. The molecule has 0 saturated carbocycles. The molecule has 0 amide bonds. The van der Waals surface area contributed by atoms with Crippen LogP contribution in [-0.2, 0) is 12.8 Å². The van der Waals surface area contributed by atoms with E-state index in [1.165, 1.54) is 14.9 Å². The maximum absolute atomic E-state index is 12.4. The highest BCUT2D eigenvalue weighted by Crippen LogP contribution is 2.25. The molecule has 0 atom stereocenters. The Morgan fingerprint density at radius 3 is 2.53 bits per heavy atom. The quantitative estimate of drug-likeness (QED) is 0.852. The standard InChI is InChI=1S/C14H20N4O/c1-5-11-13(10(3)4)12(6-2)18(16-11)14(19)17-9-7-8-15-17/h7-10H,5-6H2,1-4H3. The van der Waals surface area contributed by atoms with Crippen molar-refractivity contribution in [2.45, 2.75) is 46.5 Å². The van der Waals surface area contributed by atoms with Gasteiger partial charge in [-0.05, 0) is 30.4 Å². The van der Waals surface area contributed by atoms with Gasteiger partial charge in [-0.25, -0.2) is 4.79 Å². The largest absolute Gasteiger partial charge is 0.369 e. The molecule has 0 aromatic carbocycles. The van der Waals surface area contributed by atoms with Crippen molar-refractivity contribution in [2.75, 3.05) is 0 Å². The van der Waals surface area contributed by atoms with Crippen LogP contribution < -0.4 is 0 Å². The summed E-state index contributed by atoms with van der Waals surface area (Å²) >= 11 is 0. The van der Waals surface area contributed by atoms with E-state index in [1.807, 2.05) is 0 Å². The van der Waals surface area contributed by atoms with Crippen LogP contribution in [0, 0.1) is 0 Å². The second-order valence-corrected chi connectivity index (χ2v) is 4.81. The Labute approximate surface area is 113 Å². The Kier molecular flexibility index (Phi) is 3.83. The lowest BCUT2D eigenvalue weighted by atomic mass is 9.98. The Bertz CT molecular complexity index is 567. The van der Waals surface area contributed by atoms with E-state index in [2.05, 4.69) is 37.9 Å². The van der Waals surface area contributed by atoms with E-state index in [0.717, 1.165) is 24.2 Å². The highest BCUT2D eigenvalue weighted by Gasteiger charge is 2.22. The van der Waals surface area contributed by atoms with Crippen LogP contribution in [0.5, 0.6) is 0 Å². The molecule has 0 radical (unpaired) electrons. The Hall–Kier alpha value is -1.91. The van der Waals surface area contributed by atoms with Crippen molar-refractivity contribution in [1.29, 1.82) is 0 Å². The van der Waals surface area contributed by atoms with Gasteiger partial charge in [0.25, 0.3) is 0 Å². The van der Waals surface area contributed by atoms with Crippen LogP contribution in [0.3, 0.4) is 0 Å². The van der Waals surface area contributed by atoms with Gasteiger partial charge in [0.15, 0.2) is 0 Å². The van der Waals surface area contributed by atoms with Crippen LogP contribution in [-0.4, -0.2) is 25.6 Å². The van der Waals surface area contributed by atoms with Gasteiger partial charge in [-0.3, -0.25) is 0 Å². The third-order valence-corrected chi connectivity index (χ3v) is 3.23. The van der Waals surface area contributed by atoms with E-state index in [1.54, 1.807) is 18.5 Å². The van der Waals surface area contributed by atoms with Gasteiger partial charge < -0.3 is 0 Å². The molecule has 2 heterocycles. The molecule has 0 aliphatic carbocycles. The summed E-state index contributed by atoms with van der Waals surface area (Å²) in [5.41, 5.74) is 3.20. The molecule has 0 saturated heterocycles. The van der Waals surface area contributed by atoms with Gasteiger partial charge in [0, 0.05) is 12.4 Å². The first-order valence-electron chi connectivity index (χ1n) is 6.75. The highest BCUT2D eigenvalue weighted by molar-refractivity contribution is 5.78. The lowest BCUT2D eigenvalue weighted by Gasteiger charge is -2.09. The number of nitrogens with zero attached hydrogens (tertiary/aromatic N) is 4. The second-order valence-electron chi connectivity index (χ2n) is 4.81. The van der Waals surface area contributed by atoms with Crippen molar-refractivity contribution in [3.63, 3.8) is 0 Å². The molecule has 0 bridgehead atoms. The van der Waals surface area contributed by atoms with Crippen molar-refractivity contribution in [2.24, 2.45) is 0 Å². The monoisotopic (exact) mass is 260 g/mol. The third kappa shape index (κ3) is 2.32. The van der Waals surface area contributed by atoms with Crippen molar-refractivity contribution >= 4 is 6.03 Å². The fourth-order valence-electron chi connectivity index (χ4n) is 2.42. The van der Waals surface area contributed by atoms with Crippen LogP contribution in [0.4, 0.5) is 4.79 Å². The summed E-state index contributed by atoms with van der Waals surface area (Å²) in [5, 5.41) is 8.47. The van der Waals surface area contributed by atoms with Crippen LogP contribution >= 0.6 is 0 Å². The van der Waals surface area contributed by atoms with Crippen molar-refractivity contribution < 1.29 is 4.79 Å². The third-order valence-electron chi connectivity index (χ3n) is 3.23. The summed E-state index contributed by atoms with van der Waals surface area (Å²) in [5.74, 6) is 0.365. The number of hydrogen-bond donors (Lipinski definition) is 0. The van der Waals surface area contributed by atoms with Gasteiger partial charge in [-0.1, -0.05) is 27.7 Å². The van der Waals surface area contributed by atoms with Crippen LogP contribution in [0.2, 0.25) is 0 Å². The Morgan fingerprint density at radius 2 is 2.05 bits per heavy atom. The number of carbonyl (C=O) groups excluding carboxylic acids is 1. The highest BCUT2D eigenvalue weighted by atomic mass is 16.2. The molecule has 0 aliphatic rings. The zero-order valence-corrected chi connectivity index (χ0v) is 11.9. The van der Waals surface area contributed by atoms with Crippen molar-refractivity contribution in [1.82, 2.24) is 19.6 Å². The predicted molar refractivity (Wildman–Crippen MR) is 73.5 cm³/mol. The number of carbonyl (C=O) groups is 1. The van der Waals surface area contributed by atoms with Gasteiger partial charge in [0.2, 0.25) is 0 Å². The molecule has 19 heavy (non-hydrogen) atoms. The lowest BCUT2D eigenvalue weighted by molar-refractivity contribution is 0.237. The van der Waals surface area contributed by atoms with Crippen LogP contribution in [0.1, 0.15) is 50.6 Å². The maximum Gasteiger partial charge on any atom is 0.369 e. The summed E-state index contributed by atoms with van der Waals surface area (Å²) in [6, 6.07) is 1.51. The predicted octanol–water partition coefficient (Wildman–Crippen LogP) is 2.84. The molecule has 5 nitrogen and oxygen atoms in total. The van der Waals surface area contributed by atoms with Gasteiger partial charge in [-0.15, -0.1) is 0 Å². The first-order valence-corrected chi connectivity index (χ1v) is 6.75. The summed E-state index contributed by atoms with van der Waals surface area (Å²) in [6.07, 6.45) is 4.86. The van der Waals surface area contributed by atoms with Gasteiger partial charge in [0.05, 0.1) is 11.4 Å². The van der Waals surface area contributed by atoms with Gasteiger partial charge >= 0.3 is 6.03 Å². The molecule has 2 rings (SSSR count). The lowest BCUT2D eigenvalue weighted by Crippen LogP contribution is -2.23. The van der Waals surface area contributed by atoms with E-state index in [0.29, 0.717) is 5.92 Å². The second kappa shape index (κ2) is 5.38. The molecule has 2 aromatic heterocycles. The minimum absolute atomic E-state index is 0.219. The molecule has 5 heteroatoms. The normalized spacial score (nSPS) is 11.2. The Morgan fingerprint density at radius 1 is 1.32 bits per heavy atom. The van der Waals surface area contributed by atoms with Crippen LogP contribution in [0.25, 0.3) is 0 Å². The van der Waals surface area contributed by atoms with E-state index in [9.17, 15) is 4.79 Å². The summed E-state index contributed by atoms with van der Waals surface area (Å²) in [6.45, 7) is 8.39.